The molecule has 1 aromatic carbocycles. The summed E-state index contributed by atoms with van der Waals surface area (Å²) in [5, 5.41) is 9.83. The summed E-state index contributed by atoms with van der Waals surface area (Å²) in [4.78, 5) is 0. The van der Waals surface area contributed by atoms with Crippen LogP contribution in [-0.2, 0) is 5.60 Å². The molecule has 0 bridgehead atoms. The van der Waals surface area contributed by atoms with Gasteiger partial charge in [0.25, 0.3) is 0 Å². The predicted molar refractivity (Wildman–Crippen MR) is 49.7 cm³/mol. The lowest BCUT2D eigenvalue weighted by Crippen LogP contribution is -2.16. The highest BCUT2D eigenvalue weighted by Gasteiger charge is 2.17. The van der Waals surface area contributed by atoms with Crippen LogP contribution in [0.2, 0.25) is 0 Å². The fourth-order valence-electron chi connectivity index (χ4n) is 1.06. The third kappa shape index (κ3) is 1.85. The van der Waals surface area contributed by atoms with Crippen LogP contribution in [0.15, 0.2) is 48.7 Å². The van der Waals surface area contributed by atoms with Gasteiger partial charge in [0.2, 0.25) is 0 Å². The minimum absolute atomic E-state index is 0.848. The van der Waals surface area contributed by atoms with Crippen molar-refractivity contribution in [3.8, 4) is 0 Å². The van der Waals surface area contributed by atoms with Crippen molar-refractivity contribution in [3.63, 3.8) is 0 Å². The summed E-state index contributed by atoms with van der Waals surface area (Å²) < 4.78 is 0. The van der Waals surface area contributed by atoms with E-state index >= 15 is 0 Å². The molecular weight excluding hydrogens is 148 g/mol. The summed E-state index contributed by atoms with van der Waals surface area (Å²) >= 11 is 0. The largest absolute Gasteiger partial charge is 0.381 e. The third-order valence-corrected chi connectivity index (χ3v) is 1.74. The van der Waals surface area contributed by atoms with Crippen molar-refractivity contribution in [3.05, 3.63) is 54.3 Å². The molecule has 0 aliphatic rings. The van der Waals surface area contributed by atoms with Gasteiger partial charge in [0, 0.05) is 0 Å². The van der Waals surface area contributed by atoms with E-state index < -0.39 is 5.60 Å². The van der Waals surface area contributed by atoms with Gasteiger partial charge in [0.05, 0.1) is 0 Å². The average Bonchev–Trinajstić information content (AvgIpc) is 2.06. The maximum atomic E-state index is 9.83. The third-order valence-electron chi connectivity index (χ3n) is 1.74. The van der Waals surface area contributed by atoms with E-state index in [9.17, 15) is 5.11 Å². The van der Waals surface area contributed by atoms with Crippen molar-refractivity contribution in [1.82, 2.24) is 0 Å². The van der Waals surface area contributed by atoms with Gasteiger partial charge in [-0.2, -0.15) is 0 Å². The number of hydrogen-bond acceptors (Lipinski definition) is 1. The molecule has 1 N–H and O–H groups in total. The zero-order chi connectivity index (χ0) is 9.03. The highest BCUT2D eigenvalue weighted by atomic mass is 16.3. The van der Waals surface area contributed by atoms with Gasteiger partial charge in [-0.3, -0.25) is 0 Å². The van der Waals surface area contributed by atoms with Crippen molar-refractivity contribution in [2.75, 3.05) is 0 Å². The van der Waals surface area contributed by atoms with E-state index in [1.165, 1.54) is 0 Å². The molecule has 62 valence electrons. The van der Waals surface area contributed by atoms with E-state index in [0.717, 1.165) is 5.56 Å². The quantitative estimate of drug-likeness (QED) is 0.658. The highest BCUT2D eigenvalue weighted by Crippen LogP contribution is 2.20. The van der Waals surface area contributed by atoms with Gasteiger partial charge in [-0.1, -0.05) is 36.9 Å². The summed E-state index contributed by atoms with van der Waals surface area (Å²) in [5.41, 5.74) is 2.47. The van der Waals surface area contributed by atoms with Gasteiger partial charge in [-0.15, -0.1) is 5.73 Å². The predicted octanol–water partition coefficient (Wildman–Crippen LogP) is 2.24. The molecule has 0 aliphatic carbocycles. The van der Waals surface area contributed by atoms with Crippen LogP contribution in [0.5, 0.6) is 0 Å². The van der Waals surface area contributed by atoms with E-state index in [-0.39, 0.29) is 0 Å². The van der Waals surface area contributed by atoms with Crippen molar-refractivity contribution in [2.24, 2.45) is 0 Å². The first-order valence-electron chi connectivity index (χ1n) is 3.82. The Morgan fingerprint density at radius 1 is 1.42 bits per heavy atom. The molecule has 0 saturated heterocycles. The molecule has 12 heavy (non-hydrogen) atoms. The first-order valence-corrected chi connectivity index (χ1v) is 3.82. The molecule has 0 aliphatic heterocycles. The number of hydrogen-bond donors (Lipinski definition) is 1. The minimum Gasteiger partial charge on any atom is -0.381 e. The second kappa shape index (κ2) is 3.40. The van der Waals surface area contributed by atoms with Crippen LogP contribution < -0.4 is 0 Å². The number of benzene rings is 1. The minimum atomic E-state index is -0.955. The van der Waals surface area contributed by atoms with Crippen molar-refractivity contribution in [2.45, 2.75) is 12.5 Å². The molecule has 1 unspecified atom stereocenters. The van der Waals surface area contributed by atoms with Gasteiger partial charge in [-0.25, -0.2) is 0 Å². The van der Waals surface area contributed by atoms with E-state index in [1.54, 1.807) is 13.0 Å². The number of aliphatic hydroxyl groups is 1. The van der Waals surface area contributed by atoms with E-state index in [4.69, 9.17) is 0 Å². The van der Waals surface area contributed by atoms with Crippen molar-refractivity contribution in [1.29, 1.82) is 0 Å². The molecule has 0 heterocycles. The molecule has 0 spiro atoms. The Hall–Kier alpha value is -1.30. The van der Waals surface area contributed by atoms with E-state index in [2.05, 4.69) is 12.3 Å². The summed E-state index contributed by atoms with van der Waals surface area (Å²) in [6, 6.07) is 9.43. The molecule has 0 radical (unpaired) electrons. The molecular formula is C11H12O. The lowest BCUT2D eigenvalue weighted by atomic mass is 9.96. The fraction of sp³-hybridized carbons (Fsp3) is 0.182. The Bertz CT molecular complexity index is 292. The molecule has 1 nitrogen and oxygen atoms in total. The maximum Gasteiger partial charge on any atom is 0.112 e. The summed E-state index contributed by atoms with van der Waals surface area (Å²) in [7, 11) is 0. The number of rotatable bonds is 2. The Morgan fingerprint density at radius 2 is 2.00 bits per heavy atom. The van der Waals surface area contributed by atoms with Crippen molar-refractivity contribution >= 4 is 0 Å². The van der Waals surface area contributed by atoms with Crippen LogP contribution in [0.1, 0.15) is 12.5 Å². The Morgan fingerprint density at radius 3 is 2.50 bits per heavy atom. The fourth-order valence-corrected chi connectivity index (χ4v) is 1.06. The topological polar surface area (TPSA) is 20.2 Å². The summed E-state index contributed by atoms with van der Waals surface area (Å²) in [6.45, 7) is 5.14. The lowest BCUT2D eigenvalue weighted by Gasteiger charge is -2.17. The smallest absolute Gasteiger partial charge is 0.112 e. The van der Waals surface area contributed by atoms with Crippen molar-refractivity contribution < 1.29 is 5.11 Å². The molecule has 0 amide bonds. The van der Waals surface area contributed by atoms with E-state index in [1.807, 2.05) is 30.3 Å². The van der Waals surface area contributed by atoms with E-state index in [0.29, 0.717) is 0 Å². The SMILES string of the molecule is C=C=CC(C)(O)c1ccccc1. The molecule has 1 aromatic rings. The highest BCUT2D eigenvalue weighted by molar-refractivity contribution is 5.25. The zero-order valence-corrected chi connectivity index (χ0v) is 7.12. The Labute approximate surface area is 72.7 Å². The second-order valence-corrected chi connectivity index (χ2v) is 2.86. The normalized spacial score (nSPS) is 14.5. The molecule has 1 rings (SSSR count). The first-order chi connectivity index (χ1) is 5.67. The summed E-state index contributed by atoms with van der Waals surface area (Å²) in [6.07, 6.45) is 1.54. The van der Waals surface area contributed by atoms with Crippen LogP contribution in [0.3, 0.4) is 0 Å². The van der Waals surface area contributed by atoms with Gasteiger partial charge in [-0.05, 0) is 18.6 Å². The molecule has 1 heteroatoms. The van der Waals surface area contributed by atoms with Crippen LogP contribution in [-0.4, -0.2) is 5.11 Å². The monoisotopic (exact) mass is 160 g/mol. The van der Waals surface area contributed by atoms with Crippen LogP contribution in [0.4, 0.5) is 0 Å². The van der Waals surface area contributed by atoms with Gasteiger partial charge >= 0.3 is 0 Å². The standard InChI is InChI=1S/C11H12O/c1-3-9-11(2,12)10-7-5-4-6-8-10/h4-9,12H,1H2,2H3. The lowest BCUT2D eigenvalue weighted by molar-refractivity contribution is 0.111. The van der Waals surface area contributed by atoms with Gasteiger partial charge in [0.15, 0.2) is 0 Å². The average molecular weight is 160 g/mol. The summed E-state index contributed by atoms with van der Waals surface area (Å²) in [5.74, 6) is 0. The molecule has 0 fully saturated rings. The van der Waals surface area contributed by atoms with Crippen LogP contribution in [0.25, 0.3) is 0 Å². The molecule has 1 atom stereocenters. The Balaban J connectivity index is 3.05. The Kier molecular flexibility index (Phi) is 2.49. The zero-order valence-electron chi connectivity index (χ0n) is 7.12. The van der Waals surface area contributed by atoms with Gasteiger partial charge < -0.3 is 5.11 Å². The molecule has 0 aromatic heterocycles. The second-order valence-electron chi connectivity index (χ2n) is 2.86. The van der Waals surface area contributed by atoms with Crippen LogP contribution >= 0.6 is 0 Å². The maximum absolute atomic E-state index is 9.83. The van der Waals surface area contributed by atoms with Gasteiger partial charge in [0.1, 0.15) is 5.60 Å². The first kappa shape index (κ1) is 8.79. The molecule has 0 saturated carbocycles. The van der Waals surface area contributed by atoms with Crippen LogP contribution in [0, 0.1) is 0 Å².